The van der Waals surface area contributed by atoms with Gasteiger partial charge in [0.25, 0.3) is 0 Å². The molecule has 5 heteroatoms. The average Bonchev–Trinajstić information content (AvgIpc) is 2.24. The number of hydrogen-bond acceptors (Lipinski definition) is 3. The van der Waals surface area contributed by atoms with Crippen molar-refractivity contribution in [2.45, 2.75) is 6.92 Å². The molecular formula is C11H9ClFN3. The fourth-order valence-corrected chi connectivity index (χ4v) is 1.43. The maximum absolute atomic E-state index is 12.9. The third-order valence-electron chi connectivity index (χ3n) is 2.00. The SMILES string of the molecule is Cc1cc(Nc2ccc(F)c(Cl)c2)ncn1. The predicted octanol–water partition coefficient (Wildman–Crippen LogP) is 3.32. The van der Waals surface area contributed by atoms with Crippen molar-refractivity contribution < 1.29 is 4.39 Å². The van der Waals surface area contributed by atoms with E-state index in [2.05, 4.69) is 15.3 Å². The Bertz CT molecular complexity index is 516. The van der Waals surface area contributed by atoms with Gasteiger partial charge >= 0.3 is 0 Å². The zero-order valence-corrected chi connectivity index (χ0v) is 9.29. The summed E-state index contributed by atoms with van der Waals surface area (Å²) in [6.07, 6.45) is 1.46. The zero-order chi connectivity index (χ0) is 11.5. The van der Waals surface area contributed by atoms with Gasteiger partial charge in [-0.2, -0.15) is 0 Å². The fraction of sp³-hybridized carbons (Fsp3) is 0.0909. The number of aromatic nitrogens is 2. The molecule has 0 fully saturated rings. The number of anilines is 2. The van der Waals surface area contributed by atoms with E-state index in [1.165, 1.54) is 18.5 Å². The molecule has 0 aliphatic heterocycles. The highest BCUT2D eigenvalue weighted by molar-refractivity contribution is 6.31. The molecular weight excluding hydrogens is 229 g/mol. The Kier molecular flexibility index (Phi) is 3.01. The summed E-state index contributed by atoms with van der Waals surface area (Å²) in [6, 6.07) is 6.20. The topological polar surface area (TPSA) is 37.8 Å². The Morgan fingerprint density at radius 2 is 2.06 bits per heavy atom. The first-order chi connectivity index (χ1) is 7.65. The minimum Gasteiger partial charge on any atom is -0.340 e. The van der Waals surface area contributed by atoms with Crippen molar-refractivity contribution in [1.82, 2.24) is 9.97 Å². The lowest BCUT2D eigenvalue weighted by atomic mass is 10.3. The van der Waals surface area contributed by atoms with Gasteiger partial charge in [-0.3, -0.25) is 0 Å². The van der Waals surface area contributed by atoms with Gasteiger partial charge in [-0.1, -0.05) is 11.6 Å². The Morgan fingerprint density at radius 1 is 1.25 bits per heavy atom. The molecule has 0 amide bonds. The van der Waals surface area contributed by atoms with E-state index in [4.69, 9.17) is 11.6 Å². The first kappa shape index (κ1) is 10.8. The van der Waals surface area contributed by atoms with Crippen LogP contribution in [0.1, 0.15) is 5.69 Å². The van der Waals surface area contributed by atoms with Gasteiger partial charge in [0.15, 0.2) is 0 Å². The molecule has 1 aromatic carbocycles. The lowest BCUT2D eigenvalue weighted by Gasteiger charge is -2.06. The molecule has 3 nitrogen and oxygen atoms in total. The van der Waals surface area contributed by atoms with E-state index in [1.54, 1.807) is 12.1 Å². The third kappa shape index (κ3) is 2.46. The van der Waals surface area contributed by atoms with Gasteiger partial charge in [0.1, 0.15) is 18.0 Å². The van der Waals surface area contributed by atoms with Gasteiger partial charge in [0.05, 0.1) is 5.02 Å². The van der Waals surface area contributed by atoms with E-state index in [9.17, 15) is 4.39 Å². The predicted molar refractivity (Wildman–Crippen MR) is 61.5 cm³/mol. The molecule has 0 bridgehead atoms. The lowest BCUT2D eigenvalue weighted by Crippen LogP contribution is -1.95. The first-order valence-electron chi connectivity index (χ1n) is 4.66. The summed E-state index contributed by atoms with van der Waals surface area (Å²) in [4.78, 5) is 8.00. The minimum atomic E-state index is -0.439. The Hall–Kier alpha value is -1.68. The van der Waals surface area contributed by atoms with Crippen LogP contribution in [0.3, 0.4) is 0 Å². The van der Waals surface area contributed by atoms with E-state index < -0.39 is 5.82 Å². The van der Waals surface area contributed by atoms with Crippen LogP contribution in [0.2, 0.25) is 5.02 Å². The van der Waals surface area contributed by atoms with Crippen molar-refractivity contribution in [1.29, 1.82) is 0 Å². The normalized spacial score (nSPS) is 10.2. The van der Waals surface area contributed by atoms with Gasteiger partial charge in [-0.05, 0) is 25.1 Å². The zero-order valence-electron chi connectivity index (χ0n) is 8.54. The van der Waals surface area contributed by atoms with Crippen LogP contribution in [0.5, 0.6) is 0 Å². The summed E-state index contributed by atoms with van der Waals surface area (Å²) in [7, 11) is 0. The molecule has 2 aromatic rings. The molecule has 0 radical (unpaired) electrons. The second-order valence-corrected chi connectivity index (χ2v) is 3.71. The summed E-state index contributed by atoms with van der Waals surface area (Å²) in [5, 5.41) is 3.09. The minimum absolute atomic E-state index is 0.0794. The van der Waals surface area contributed by atoms with Crippen LogP contribution in [-0.2, 0) is 0 Å². The molecule has 1 N–H and O–H groups in total. The molecule has 0 unspecified atom stereocenters. The quantitative estimate of drug-likeness (QED) is 0.871. The number of rotatable bonds is 2. The van der Waals surface area contributed by atoms with E-state index in [1.807, 2.05) is 6.92 Å². The van der Waals surface area contributed by atoms with E-state index in [-0.39, 0.29) is 5.02 Å². The summed E-state index contributed by atoms with van der Waals surface area (Å²) in [6.45, 7) is 1.87. The standard InChI is InChI=1S/C11H9ClFN3/c1-7-4-11(15-6-14-7)16-8-2-3-10(13)9(12)5-8/h2-6H,1H3,(H,14,15,16). The van der Waals surface area contributed by atoms with Crippen molar-refractivity contribution in [3.8, 4) is 0 Å². The number of aryl methyl sites for hydroxylation is 1. The maximum atomic E-state index is 12.9. The second kappa shape index (κ2) is 4.45. The van der Waals surface area contributed by atoms with Crippen molar-refractivity contribution in [3.05, 3.63) is 47.1 Å². The van der Waals surface area contributed by atoms with Crippen LogP contribution in [0.15, 0.2) is 30.6 Å². The largest absolute Gasteiger partial charge is 0.340 e. The van der Waals surface area contributed by atoms with Crippen LogP contribution in [0, 0.1) is 12.7 Å². The lowest BCUT2D eigenvalue weighted by molar-refractivity contribution is 0.628. The van der Waals surface area contributed by atoms with E-state index in [0.29, 0.717) is 11.5 Å². The van der Waals surface area contributed by atoms with E-state index >= 15 is 0 Å². The Morgan fingerprint density at radius 3 is 2.75 bits per heavy atom. The van der Waals surface area contributed by atoms with Crippen LogP contribution in [-0.4, -0.2) is 9.97 Å². The van der Waals surface area contributed by atoms with Gasteiger partial charge in [0, 0.05) is 17.4 Å². The Balaban J connectivity index is 2.24. The molecule has 0 aliphatic rings. The first-order valence-corrected chi connectivity index (χ1v) is 5.03. The molecule has 82 valence electrons. The second-order valence-electron chi connectivity index (χ2n) is 3.30. The molecule has 1 heterocycles. The highest BCUT2D eigenvalue weighted by Crippen LogP contribution is 2.21. The summed E-state index contributed by atoms with van der Waals surface area (Å²) in [5.41, 5.74) is 1.54. The van der Waals surface area contributed by atoms with Gasteiger partial charge < -0.3 is 5.32 Å². The van der Waals surface area contributed by atoms with Crippen LogP contribution < -0.4 is 5.32 Å². The number of nitrogens with zero attached hydrogens (tertiary/aromatic N) is 2. The summed E-state index contributed by atoms with van der Waals surface area (Å²) >= 11 is 5.66. The smallest absolute Gasteiger partial charge is 0.141 e. The molecule has 1 aromatic heterocycles. The average molecular weight is 238 g/mol. The molecule has 0 saturated carbocycles. The van der Waals surface area contributed by atoms with Crippen molar-refractivity contribution >= 4 is 23.1 Å². The van der Waals surface area contributed by atoms with Crippen LogP contribution in [0.25, 0.3) is 0 Å². The Labute approximate surface area is 97.3 Å². The number of benzene rings is 1. The van der Waals surface area contributed by atoms with Crippen LogP contribution >= 0.6 is 11.6 Å². The van der Waals surface area contributed by atoms with Gasteiger partial charge in [-0.15, -0.1) is 0 Å². The highest BCUT2D eigenvalue weighted by Gasteiger charge is 2.01. The van der Waals surface area contributed by atoms with Gasteiger partial charge in [-0.25, -0.2) is 14.4 Å². The maximum Gasteiger partial charge on any atom is 0.141 e. The van der Waals surface area contributed by atoms with E-state index in [0.717, 1.165) is 5.69 Å². The number of nitrogens with one attached hydrogen (secondary N) is 1. The van der Waals surface area contributed by atoms with Crippen LogP contribution in [0.4, 0.5) is 15.9 Å². The molecule has 0 aliphatic carbocycles. The third-order valence-corrected chi connectivity index (χ3v) is 2.29. The van der Waals surface area contributed by atoms with Crippen molar-refractivity contribution in [2.75, 3.05) is 5.32 Å². The highest BCUT2D eigenvalue weighted by atomic mass is 35.5. The fourth-order valence-electron chi connectivity index (χ4n) is 1.24. The molecule has 2 rings (SSSR count). The number of halogens is 2. The van der Waals surface area contributed by atoms with Gasteiger partial charge in [0.2, 0.25) is 0 Å². The molecule has 0 saturated heterocycles. The molecule has 0 atom stereocenters. The monoisotopic (exact) mass is 237 g/mol. The number of hydrogen-bond donors (Lipinski definition) is 1. The summed E-state index contributed by atoms with van der Waals surface area (Å²) < 4.78 is 12.9. The molecule has 0 spiro atoms. The van der Waals surface area contributed by atoms with Crippen molar-refractivity contribution in [2.24, 2.45) is 0 Å². The summed E-state index contributed by atoms with van der Waals surface area (Å²) in [5.74, 6) is 0.209. The molecule has 16 heavy (non-hydrogen) atoms. The van der Waals surface area contributed by atoms with Crippen molar-refractivity contribution in [3.63, 3.8) is 0 Å².